The molecule has 0 aromatic heterocycles. The van der Waals surface area contributed by atoms with Crippen molar-refractivity contribution in [3.63, 3.8) is 0 Å². The maximum Gasteiger partial charge on any atom is 0.267 e. The molecule has 3 amide bonds. The summed E-state index contributed by atoms with van der Waals surface area (Å²) in [7, 11) is 0. The highest BCUT2D eigenvalue weighted by Gasteiger charge is 2.51. The van der Waals surface area contributed by atoms with Crippen molar-refractivity contribution in [2.75, 3.05) is 25.0 Å². The third kappa shape index (κ3) is 5.17. The van der Waals surface area contributed by atoms with E-state index in [0.29, 0.717) is 36.6 Å². The van der Waals surface area contributed by atoms with Crippen molar-refractivity contribution in [2.45, 2.75) is 29.6 Å². The molecule has 0 spiro atoms. The summed E-state index contributed by atoms with van der Waals surface area (Å²) >= 11 is 17.9. The van der Waals surface area contributed by atoms with Crippen LogP contribution in [0.15, 0.2) is 18.2 Å². The first-order chi connectivity index (χ1) is 14.1. The van der Waals surface area contributed by atoms with Crippen LogP contribution in [-0.4, -0.2) is 58.3 Å². The Hall–Kier alpha value is -2.03. The van der Waals surface area contributed by atoms with Crippen LogP contribution in [0.5, 0.6) is 0 Å². The molecule has 1 saturated heterocycles. The second kappa shape index (κ2) is 8.99. The van der Waals surface area contributed by atoms with Gasteiger partial charge in [0, 0.05) is 35.3 Å². The molecule has 11 heteroatoms. The lowest BCUT2D eigenvalue weighted by atomic mass is 10.1. The highest BCUT2D eigenvalue weighted by molar-refractivity contribution is 6.50. The largest absolute Gasteiger partial charge is 0.376 e. The van der Waals surface area contributed by atoms with E-state index in [1.807, 2.05) is 0 Å². The Kier molecular flexibility index (Phi) is 6.79. The number of halogens is 3. The van der Waals surface area contributed by atoms with Gasteiger partial charge in [-0.2, -0.15) is 0 Å². The minimum absolute atomic E-state index is 0.0286. The number of anilines is 1. The number of carbonyl (C=O) groups is 3. The molecule has 1 aliphatic heterocycles. The third-order valence-electron chi connectivity index (χ3n) is 5.28. The standard InChI is InChI=1S/C19H22Cl3N5O3/c20-11-3-4-13(12(6-11)16(23)17(24)29)25-9-15(28)27-5-1-2-14(27)18(30)26-8-10-7-19(10,21)22/h3-4,6,10,14,23,25H,1-2,5,7-9H2,(H2,24,29)(H,26,30). The van der Waals surface area contributed by atoms with E-state index in [1.165, 1.54) is 11.0 Å². The van der Waals surface area contributed by atoms with Gasteiger partial charge in [0.1, 0.15) is 16.1 Å². The van der Waals surface area contributed by atoms with Crippen LogP contribution < -0.4 is 16.4 Å². The predicted octanol–water partition coefficient (Wildman–Crippen LogP) is 1.91. The fraction of sp³-hybridized carbons (Fsp3) is 0.474. The van der Waals surface area contributed by atoms with Gasteiger partial charge in [-0.05, 0) is 37.5 Å². The molecule has 3 rings (SSSR count). The number of likely N-dealkylation sites (tertiary alicyclic amines) is 1. The summed E-state index contributed by atoms with van der Waals surface area (Å²) in [6.07, 6.45) is 1.94. The van der Waals surface area contributed by atoms with Crippen LogP contribution in [0.3, 0.4) is 0 Å². The lowest BCUT2D eigenvalue weighted by Crippen LogP contribution is -2.48. The topological polar surface area (TPSA) is 128 Å². The molecule has 2 aliphatic rings. The molecule has 1 aliphatic carbocycles. The summed E-state index contributed by atoms with van der Waals surface area (Å²) in [6, 6.07) is 4.02. The van der Waals surface area contributed by atoms with Crippen molar-refractivity contribution in [2.24, 2.45) is 11.7 Å². The Morgan fingerprint density at radius 2 is 2.00 bits per heavy atom. The SMILES string of the molecule is N=C(C(N)=O)c1cc(Cl)ccc1NCC(=O)N1CCCC1C(=O)NCC1CC1(Cl)Cl. The van der Waals surface area contributed by atoms with Crippen LogP contribution in [0.25, 0.3) is 0 Å². The number of nitrogens with one attached hydrogen (secondary N) is 3. The van der Waals surface area contributed by atoms with E-state index < -0.39 is 22.0 Å². The Bertz CT molecular complexity index is 892. The molecule has 30 heavy (non-hydrogen) atoms. The smallest absolute Gasteiger partial charge is 0.267 e. The number of rotatable bonds is 8. The number of amides is 3. The van der Waals surface area contributed by atoms with E-state index in [-0.39, 0.29) is 29.8 Å². The van der Waals surface area contributed by atoms with Gasteiger partial charge in [-0.1, -0.05) is 11.6 Å². The van der Waals surface area contributed by atoms with E-state index in [2.05, 4.69) is 10.6 Å². The normalized spacial score (nSPS) is 21.8. The molecular weight excluding hydrogens is 453 g/mol. The quantitative estimate of drug-likeness (QED) is 0.339. The minimum Gasteiger partial charge on any atom is -0.376 e. The number of alkyl halides is 2. The molecule has 1 heterocycles. The first-order valence-corrected chi connectivity index (χ1v) is 10.6. The van der Waals surface area contributed by atoms with Crippen molar-refractivity contribution < 1.29 is 14.4 Å². The van der Waals surface area contributed by atoms with E-state index in [4.69, 9.17) is 45.9 Å². The summed E-state index contributed by atoms with van der Waals surface area (Å²) < 4.78 is -0.767. The van der Waals surface area contributed by atoms with Gasteiger partial charge in [0.2, 0.25) is 11.8 Å². The van der Waals surface area contributed by atoms with Crippen LogP contribution in [0.1, 0.15) is 24.8 Å². The zero-order valence-electron chi connectivity index (χ0n) is 16.0. The molecule has 5 N–H and O–H groups in total. The zero-order valence-corrected chi connectivity index (χ0v) is 18.3. The summed E-state index contributed by atoms with van der Waals surface area (Å²) in [6.45, 7) is 0.743. The van der Waals surface area contributed by atoms with E-state index in [0.717, 1.165) is 6.42 Å². The fourth-order valence-electron chi connectivity index (χ4n) is 3.45. The van der Waals surface area contributed by atoms with E-state index in [1.54, 1.807) is 12.1 Å². The summed E-state index contributed by atoms with van der Waals surface area (Å²) in [5.41, 5.74) is 5.36. The molecule has 2 atom stereocenters. The second-order valence-corrected chi connectivity index (χ2v) is 9.41. The van der Waals surface area contributed by atoms with Gasteiger partial charge < -0.3 is 21.3 Å². The van der Waals surface area contributed by atoms with Crippen LogP contribution >= 0.6 is 34.8 Å². The number of hydrogen-bond donors (Lipinski definition) is 4. The van der Waals surface area contributed by atoms with Crippen molar-refractivity contribution >= 4 is 63.9 Å². The maximum atomic E-state index is 12.7. The number of hydrogen-bond acceptors (Lipinski definition) is 5. The number of nitrogens with two attached hydrogens (primary N) is 1. The predicted molar refractivity (Wildman–Crippen MR) is 116 cm³/mol. The highest BCUT2D eigenvalue weighted by Crippen LogP contribution is 2.52. The molecule has 1 saturated carbocycles. The van der Waals surface area contributed by atoms with Gasteiger partial charge >= 0.3 is 0 Å². The second-order valence-electron chi connectivity index (χ2n) is 7.44. The fourth-order valence-corrected chi connectivity index (χ4v) is 4.15. The molecule has 8 nitrogen and oxygen atoms in total. The molecular formula is C19H22Cl3N5O3. The maximum absolute atomic E-state index is 12.7. The van der Waals surface area contributed by atoms with E-state index in [9.17, 15) is 14.4 Å². The van der Waals surface area contributed by atoms with Gasteiger partial charge in [-0.25, -0.2) is 0 Å². The lowest BCUT2D eigenvalue weighted by molar-refractivity contribution is -0.137. The molecule has 1 aromatic rings. The highest BCUT2D eigenvalue weighted by atomic mass is 35.5. The average molecular weight is 475 g/mol. The number of nitrogens with zero attached hydrogens (tertiary/aromatic N) is 1. The zero-order chi connectivity index (χ0) is 22.1. The summed E-state index contributed by atoms with van der Waals surface area (Å²) in [4.78, 5) is 38.2. The van der Waals surface area contributed by atoms with Crippen molar-refractivity contribution in [1.82, 2.24) is 10.2 Å². The first-order valence-electron chi connectivity index (χ1n) is 9.47. The molecule has 2 fully saturated rings. The molecule has 162 valence electrons. The van der Waals surface area contributed by atoms with Crippen LogP contribution in [0.4, 0.5) is 5.69 Å². The van der Waals surface area contributed by atoms with Gasteiger partial charge in [0.15, 0.2) is 0 Å². The van der Waals surface area contributed by atoms with Crippen LogP contribution in [-0.2, 0) is 14.4 Å². The Balaban J connectivity index is 1.60. The average Bonchev–Trinajstić information content (AvgIpc) is 3.07. The van der Waals surface area contributed by atoms with Crippen molar-refractivity contribution in [1.29, 1.82) is 5.41 Å². The lowest BCUT2D eigenvalue weighted by Gasteiger charge is -2.24. The van der Waals surface area contributed by atoms with E-state index >= 15 is 0 Å². The molecule has 1 aromatic carbocycles. The molecule has 0 bridgehead atoms. The van der Waals surface area contributed by atoms with Crippen LogP contribution in [0, 0.1) is 11.3 Å². The van der Waals surface area contributed by atoms with Crippen molar-refractivity contribution in [3.05, 3.63) is 28.8 Å². The van der Waals surface area contributed by atoms with Gasteiger partial charge in [-0.15, -0.1) is 23.2 Å². The van der Waals surface area contributed by atoms with Gasteiger partial charge in [0.05, 0.1) is 6.54 Å². The van der Waals surface area contributed by atoms with Gasteiger partial charge in [0.25, 0.3) is 5.91 Å². The first kappa shape index (κ1) is 22.7. The monoisotopic (exact) mass is 473 g/mol. The Labute approximate surface area is 188 Å². The Morgan fingerprint density at radius 1 is 1.30 bits per heavy atom. The molecule has 0 radical (unpaired) electrons. The van der Waals surface area contributed by atoms with Gasteiger partial charge in [-0.3, -0.25) is 19.8 Å². The minimum atomic E-state index is -0.906. The summed E-state index contributed by atoms with van der Waals surface area (Å²) in [5.74, 6) is -1.37. The number of primary amides is 1. The van der Waals surface area contributed by atoms with Crippen molar-refractivity contribution in [3.8, 4) is 0 Å². The third-order valence-corrected chi connectivity index (χ3v) is 6.44. The number of benzene rings is 1. The summed E-state index contributed by atoms with van der Waals surface area (Å²) in [5, 5.41) is 13.9. The Morgan fingerprint density at radius 3 is 2.63 bits per heavy atom. The number of carbonyl (C=O) groups excluding carboxylic acids is 3. The van der Waals surface area contributed by atoms with Crippen LogP contribution in [0.2, 0.25) is 5.02 Å². The molecule has 2 unspecified atom stereocenters.